The van der Waals surface area contributed by atoms with Crippen LogP contribution in [0.1, 0.15) is 6.92 Å². The molecule has 0 heterocycles. The maximum atomic E-state index is 13.1. The minimum absolute atomic E-state index is 0.206. The summed E-state index contributed by atoms with van der Waals surface area (Å²) < 4.78 is 38.2. The Balaban J connectivity index is 2.27. The van der Waals surface area contributed by atoms with E-state index in [1.165, 1.54) is 19.1 Å². The number of benzene rings is 2. The van der Waals surface area contributed by atoms with Crippen molar-refractivity contribution in [1.82, 2.24) is 0 Å². The van der Waals surface area contributed by atoms with Crippen LogP contribution in [0.4, 0.5) is 15.8 Å². The first-order chi connectivity index (χ1) is 11.2. The first kappa shape index (κ1) is 18.2. The zero-order valence-electron chi connectivity index (χ0n) is 13.0. The monoisotopic (exact) mass is 370 g/mol. The van der Waals surface area contributed by atoms with E-state index >= 15 is 0 Å². The molecule has 0 bridgehead atoms. The van der Waals surface area contributed by atoms with Gasteiger partial charge in [-0.25, -0.2) is 12.8 Å². The first-order valence-corrected chi connectivity index (χ1v) is 9.22. The second-order valence-electron chi connectivity index (χ2n) is 5.21. The summed E-state index contributed by atoms with van der Waals surface area (Å²) in [4.78, 5) is 12.4. The summed E-state index contributed by atoms with van der Waals surface area (Å²) in [5, 5.41) is 3.14. The van der Waals surface area contributed by atoms with Crippen LogP contribution in [-0.4, -0.2) is 26.6 Å². The Bertz CT molecular complexity index is 823. The molecular weight excluding hydrogens is 355 g/mol. The van der Waals surface area contributed by atoms with Crippen LogP contribution in [0.2, 0.25) is 5.02 Å². The normalized spacial score (nSPS) is 12.5. The van der Waals surface area contributed by atoms with Gasteiger partial charge in [0.15, 0.2) is 0 Å². The van der Waals surface area contributed by atoms with E-state index in [2.05, 4.69) is 5.32 Å². The summed E-state index contributed by atoms with van der Waals surface area (Å²) in [6, 6.07) is 10.3. The van der Waals surface area contributed by atoms with Crippen molar-refractivity contribution in [3.05, 3.63) is 59.4 Å². The van der Waals surface area contributed by atoms with E-state index in [0.717, 1.165) is 22.7 Å². The minimum atomic E-state index is -3.75. The summed E-state index contributed by atoms with van der Waals surface area (Å²) in [5.41, 5.74) is 0.696. The molecule has 1 amide bonds. The largest absolute Gasteiger partial charge is 0.324 e. The summed E-state index contributed by atoms with van der Waals surface area (Å²) in [6.45, 7) is 1.45. The lowest BCUT2D eigenvalue weighted by molar-refractivity contribution is -0.116. The van der Waals surface area contributed by atoms with Gasteiger partial charge >= 0.3 is 0 Å². The van der Waals surface area contributed by atoms with Crippen molar-refractivity contribution in [3.8, 4) is 0 Å². The van der Waals surface area contributed by atoms with Crippen LogP contribution < -0.4 is 9.62 Å². The van der Waals surface area contributed by atoms with Gasteiger partial charge < -0.3 is 5.32 Å². The molecule has 0 radical (unpaired) electrons. The fraction of sp³-hybridized carbons (Fsp3) is 0.188. The molecule has 8 heteroatoms. The molecule has 0 spiro atoms. The standard InChI is InChI=1S/C16H16ClFN2O3S/c1-11(16(21)19-14-7-3-12(17)4-8-14)20(24(2,22)23)15-9-5-13(18)6-10-15/h3-11H,1-2H3,(H,19,21)/t11-/m1/s1. The fourth-order valence-electron chi connectivity index (χ4n) is 2.18. The van der Waals surface area contributed by atoms with Gasteiger partial charge in [-0.05, 0) is 55.5 Å². The van der Waals surface area contributed by atoms with Gasteiger partial charge in [-0.3, -0.25) is 9.10 Å². The molecule has 0 fully saturated rings. The number of hydrogen-bond acceptors (Lipinski definition) is 3. The molecule has 0 aliphatic carbocycles. The molecule has 5 nitrogen and oxygen atoms in total. The van der Waals surface area contributed by atoms with Crippen molar-refractivity contribution in [3.63, 3.8) is 0 Å². The highest BCUT2D eigenvalue weighted by atomic mass is 35.5. The van der Waals surface area contributed by atoms with Gasteiger partial charge in [-0.15, -0.1) is 0 Å². The number of amides is 1. The van der Waals surface area contributed by atoms with Crippen LogP contribution in [-0.2, 0) is 14.8 Å². The number of nitrogens with one attached hydrogen (secondary N) is 1. The molecule has 2 aromatic carbocycles. The Kier molecular flexibility index (Phi) is 5.46. The van der Waals surface area contributed by atoms with Crippen molar-refractivity contribution in [2.75, 3.05) is 15.9 Å². The van der Waals surface area contributed by atoms with Crippen LogP contribution in [0.3, 0.4) is 0 Å². The van der Waals surface area contributed by atoms with Gasteiger partial charge in [-0.1, -0.05) is 11.6 Å². The SMILES string of the molecule is C[C@H](C(=O)Nc1ccc(Cl)cc1)N(c1ccc(F)cc1)S(C)(=O)=O. The van der Waals surface area contributed by atoms with E-state index in [1.807, 2.05) is 0 Å². The van der Waals surface area contributed by atoms with E-state index in [4.69, 9.17) is 11.6 Å². The highest BCUT2D eigenvalue weighted by Crippen LogP contribution is 2.22. The van der Waals surface area contributed by atoms with Crippen LogP contribution in [0.5, 0.6) is 0 Å². The second-order valence-corrected chi connectivity index (χ2v) is 7.50. The Morgan fingerprint density at radius 3 is 2.17 bits per heavy atom. The zero-order chi connectivity index (χ0) is 17.9. The van der Waals surface area contributed by atoms with Crippen LogP contribution in [0.15, 0.2) is 48.5 Å². The third-order valence-corrected chi connectivity index (χ3v) is 4.77. The third kappa shape index (κ3) is 4.46. The van der Waals surface area contributed by atoms with Crippen molar-refractivity contribution in [2.45, 2.75) is 13.0 Å². The fourth-order valence-corrected chi connectivity index (χ4v) is 3.48. The molecular formula is C16H16ClFN2O3S. The molecule has 0 aromatic heterocycles. The third-order valence-electron chi connectivity index (χ3n) is 3.28. The summed E-state index contributed by atoms with van der Waals surface area (Å²) in [5.74, 6) is -1.02. The van der Waals surface area contributed by atoms with Crippen LogP contribution >= 0.6 is 11.6 Å². The number of anilines is 2. The van der Waals surface area contributed by atoms with Gasteiger partial charge in [0, 0.05) is 10.7 Å². The average Bonchev–Trinajstić information content (AvgIpc) is 2.50. The average molecular weight is 371 g/mol. The molecule has 2 rings (SSSR count). The first-order valence-electron chi connectivity index (χ1n) is 7.00. The molecule has 24 heavy (non-hydrogen) atoms. The Hall–Kier alpha value is -2.12. The minimum Gasteiger partial charge on any atom is -0.324 e. The van der Waals surface area contributed by atoms with Gasteiger partial charge in [0.05, 0.1) is 11.9 Å². The maximum Gasteiger partial charge on any atom is 0.247 e. The molecule has 0 saturated heterocycles. The predicted molar refractivity (Wildman–Crippen MR) is 93.3 cm³/mol. The Labute approximate surface area is 145 Å². The zero-order valence-corrected chi connectivity index (χ0v) is 14.6. The maximum absolute atomic E-state index is 13.1. The lowest BCUT2D eigenvalue weighted by Crippen LogP contribution is -2.45. The van der Waals surface area contributed by atoms with Crippen molar-refractivity contribution in [2.24, 2.45) is 0 Å². The number of sulfonamides is 1. The number of halogens is 2. The summed E-state index contributed by atoms with van der Waals surface area (Å²) in [7, 11) is -3.75. The van der Waals surface area contributed by atoms with Crippen molar-refractivity contribution in [1.29, 1.82) is 0 Å². The lowest BCUT2D eigenvalue weighted by atomic mass is 10.2. The molecule has 0 aliphatic heterocycles. The molecule has 1 atom stereocenters. The van der Waals surface area contributed by atoms with Crippen molar-refractivity contribution < 1.29 is 17.6 Å². The smallest absolute Gasteiger partial charge is 0.247 e. The van der Waals surface area contributed by atoms with E-state index in [0.29, 0.717) is 10.7 Å². The molecule has 1 N–H and O–H groups in total. The molecule has 2 aromatic rings. The number of carbonyl (C=O) groups is 1. The Morgan fingerprint density at radius 1 is 1.12 bits per heavy atom. The lowest BCUT2D eigenvalue weighted by Gasteiger charge is -2.28. The van der Waals surface area contributed by atoms with E-state index in [1.54, 1.807) is 24.3 Å². The number of hydrogen-bond donors (Lipinski definition) is 1. The molecule has 0 saturated carbocycles. The Morgan fingerprint density at radius 2 is 1.67 bits per heavy atom. The molecule has 0 unspecified atom stereocenters. The summed E-state index contributed by atoms with van der Waals surface area (Å²) in [6.07, 6.45) is 0.989. The highest BCUT2D eigenvalue weighted by molar-refractivity contribution is 7.92. The predicted octanol–water partition coefficient (Wildman–Crippen LogP) is 3.27. The topological polar surface area (TPSA) is 66.5 Å². The second kappa shape index (κ2) is 7.19. The van der Waals surface area contributed by atoms with Gasteiger partial charge in [-0.2, -0.15) is 0 Å². The van der Waals surface area contributed by atoms with Gasteiger partial charge in [0.25, 0.3) is 0 Å². The van der Waals surface area contributed by atoms with Gasteiger partial charge in [0.1, 0.15) is 11.9 Å². The van der Waals surface area contributed by atoms with Crippen LogP contribution in [0.25, 0.3) is 0 Å². The van der Waals surface area contributed by atoms with E-state index in [9.17, 15) is 17.6 Å². The number of carbonyl (C=O) groups excluding carboxylic acids is 1. The van der Waals surface area contributed by atoms with Crippen LogP contribution in [0, 0.1) is 5.82 Å². The number of rotatable bonds is 5. The van der Waals surface area contributed by atoms with E-state index < -0.39 is 27.8 Å². The highest BCUT2D eigenvalue weighted by Gasteiger charge is 2.29. The van der Waals surface area contributed by atoms with Crippen molar-refractivity contribution >= 4 is 38.9 Å². The molecule has 128 valence electrons. The molecule has 0 aliphatic rings. The van der Waals surface area contributed by atoms with E-state index in [-0.39, 0.29) is 5.69 Å². The quantitative estimate of drug-likeness (QED) is 0.878. The summed E-state index contributed by atoms with van der Waals surface area (Å²) >= 11 is 5.78. The van der Waals surface area contributed by atoms with Gasteiger partial charge in [0.2, 0.25) is 15.9 Å². The number of nitrogens with zero attached hydrogens (tertiary/aromatic N) is 1.